The lowest BCUT2D eigenvalue weighted by Crippen LogP contribution is -2.22. The molecule has 0 aliphatic carbocycles. The van der Waals surface area contributed by atoms with Gasteiger partial charge >= 0.3 is 5.84 Å². The van der Waals surface area contributed by atoms with E-state index in [1.165, 1.54) is 38.0 Å². The Morgan fingerprint density at radius 3 is 2.48 bits per heavy atom. The van der Waals surface area contributed by atoms with Gasteiger partial charge in [0.05, 0.1) is 16.2 Å². The molecule has 0 atom stereocenters. The minimum absolute atomic E-state index is 0.00831. The Kier molecular flexibility index (Phi) is 5.40. The van der Waals surface area contributed by atoms with Crippen LogP contribution < -0.4 is 0 Å². The van der Waals surface area contributed by atoms with Crippen LogP contribution in [0.4, 0.5) is 0 Å². The number of fused-ring (bicyclic) bond motifs is 3. The van der Waals surface area contributed by atoms with E-state index in [9.17, 15) is 13.2 Å². The lowest BCUT2D eigenvalue weighted by Gasteiger charge is -2.11. The van der Waals surface area contributed by atoms with Crippen LogP contribution in [0.3, 0.4) is 0 Å². The molecule has 0 fully saturated rings. The number of carbonyl (C=O) groups is 1. The molecular weight excluding hydrogens is 436 g/mol. The first-order valence-electron chi connectivity index (χ1n) is 9.53. The summed E-state index contributed by atoms with van der Waals surface area (Å²) < 4.78 is 33.5. The van der Waals surface area contributed by atoms with Gasteiger partial charge in [-0.2, -0.15) is 0 Å². The number of hydrogen-bond acceptors (Lipinski definition) is 7. The highest BCUT2D eigenvalue weighted by molar-refractivity contribution is 7.99. The predicted octanol–water partition coefficient (Wildman–Crippen LogP) is 3.63. The molecule has 0 aliphatic rings. The molecule has 2 aromatic heterocycles. The van der Waals surface area contributed by atoms with E-state index in [0.29, 0.717) is 21.8 Å². The molecular formula is C21H22N4O4S2. The first-order chi connectivity index (χ1) is 14.6. The van der Waals surface area contributed by atoms with Crippen LogP contribution in [-0.2, 0) is 10.0 Å². The molecule has 8 nitrogen and oxygen atoms in total. The van der Waals surface area contributed by atoms with E-state index >= 15 is 0 Å². The maximum atomic E-state index is 12.8. The molecule has 0 saturated carbocycles. The zero-order chi connectivity index (χ0) is 22.5. The third-order valence-corrected chi connectivity index (χ3v) is 7.97. The fourth-order valence-electron chi connectivity index (χ4n) is 3.32. The Hall–Kier alpha value is -2.69. The van der Waals surface area contributed by atoms with Gasteiger partial charge in [-0.05, 0) is 61.7 Å². The fourth-order valence-corrected chi connectivity index (χ4v) is 5.06. The molecule has 2 heterocycles. The number of sulfonamides is 1. The van der Waals surface area contributed by atoms with Crippen LogP contribution in [0.5, 0.6) is 0 Å². The van der Waals surface area contributed by atoms with Gasteiger partial charge in [0.1, 0.15) is 0 Å². The van der Waals surface area contributed by atoms with E-state index in [2.05, 4.69) is 10.2 Å². The van der Waals surface area contributed by atoms with E-state index < -0.39 is 10.0 Å². The van der Waals surface area contributed by atoms with Gasteiger partial charge in [0.15, 0.2) is 16.5 Å². The second-order valence-corrected chi connectivity index (χ2v) is 10.7. The molecule has 31 heavy (non-hydrogen) atoms. The van der Waals surface area contributed by atoms with Crippen molar-refractivity contribution in [1.29, 1.82) is 0 Å². The van der Waals surface area contributed by atoms with Crippen LogP contribution in [0.1, 0.15) is 27.0 Å². The summed E-state index contributed by atoms with van der Waals surface area (Å²) >= 11 is 1.24. The number of oxazole rings is 1. The number of carbonyl (C=O) groups excluding carboxylic acids is 1. The van der Waals surface area contributed by atoms with Crippen LogP contribution in [0.2, 0.25) is 0 Å². The van der Waals surface area contributed by atoms with Crippen molar-refractivity contribution in [3.05, 3.63) is 52.6 Å². The smallest absolute Gasteiger partial charge is 0.328 e. The average Bonchev–Trinajstić information content (AvgIpc) is 3.27. The largest absolute Gasteiger partial charge is 0.422 e. The van der Waals surface area contributed by atoms with Gasteiger partial charge in [-0.1, -0.05) is 22.9 Å². The topological polar surface area (TPSA) is 97.8 Å². The van der Waals surface area contributed by atoms with Gasteiger partial charge in [-0.25, -0.2) is 17.1 Å². The third-order valence-electron chi connectivity index (χ3n) is 5.23. The number of nitrogens with zero attached hydrogens (tertiary/aromatic N) is 4. The van der Waals surface area contributed by atoms with Crippen molar-refractivity contribution in [2.75, 3.05) is 19.8 Å². The normalized spacial score (nSPS) is 12.3. The van der Waals surface area contributed by atoms with Crippen LogP contribution >= 0.6 is 11.8 Å². The highest BCUT2D eigenvalue weighted by atomic mass is 32.2. The van der Waals surface area contributed by atoms with Crippen molar-refractivity contribution >= 4 is 44.5 Å². The van der Waals surface area contributed by atoms with E-state index in [1.54, 1.807) is 10.5 Å². The SMILES string of the molecule is Cc1cc(C)c(C(=O)CSc2nnc3oc4ccc(S(=O)(=O)N(C)C)cc4n23)cc1C. The summed E-state index contributed by atoms with van der Waals surface area (Å²) in [7, 11) is -0.654. The molecule has 0 N–H and O–H groups in total. The molecule has 0 bridgehead atoms. The van der Waals surface area contributed by atoms with Gasteiger partial charge < -0.3 is 4.42 Å². The molecule has 2 aromatic carbocycles. The van der Waals surface area contributed by atoms with Gasteiger partial charge in [-0.3, -0.25) is 4.79 Å². The maximum absolute atomic E-state index is 12.8. The molecule has 0 saturated heterocycles. The molecule has 162 valence electrons. The van der Waals surface area contributed by atoms with Crippen LogP contribution in [-0.4, -0.2) is 53.0 Å². The van der Waals surface area contributed by atoms with Gasteiger partial charge in [0.2, 0.25) is 10.0 Å². The number of aromatic nitrogens is 3. The van der Waals surface area contributed by atoms with E-state index in [4.69, 9.17) is 4.42 Å². The average molecular weight is 459 g/mol. The van der Waals surface area contributed by atoms with Crippen molar-refractivity contribution in [1.82, 2.24) is 18.9 Å². The van der Waals surface area contributed by atoms with Crippen molar-refractivity contribution in [2.45, 2.75) is 30.8 Å². The number of ketones is 1. The molecule has 0 aliphatic heterocycles. The second kappa shape index (κ2) is 7.77. The predicted molar refractivity (Wildman–Crippen MR) is 119 cm³/mol. The monoisotopic (exact) mass is 458 g/mol. The molecule has 0 unspecified atom stereocenters. The lowest BCUT2D eigenvalue weighted by molar-refractivity contribution is 0.102. The summed E-state index contributed by atoms with van der Waals surface area (Å²) in [5, 5.41) is 8.61. The molecule has 0 spiro atoms. The summed E-state index contributed by atoms with van der Waals surface area (Å²) in [6.07, 6.45) is 0. The highest BCUT2D eigenvalue weighted by Gasteiger charge is 2.22. The van der Waals surface area contributed by atoms with Crippen molar-refractivity contribution in [3.8, 4) is 0 Å². The number of rotatable bonds is 6. The van der Waals surface area contributed by atoms with Gasteiger partial charge in [-0.15, -0.1) is 5.10 Å². The number of aryl methyl sites for hydroxylation is 3. The summed E-state index contributed by atoms with van der Waals surface area (Å²) in [6, 6.07) is 8.55. The summed E-state index contributed by atoms with van der Waals surface area (Å²) in [6.45, 7) is 5.93. The third kappa shape index (κ3) is 3.75. The zero-order valence-corrected chi connectivity index (χ0v) is 19.5. The first kappa shape index (κ1) is 21.5. The Morgan fingerprint density at radius 1 is 1.06 bits per heavy atom. The van der Waals surface area contributed by atoms with E-state index in [0.717, 1.165) is 21.0 Å². The quantitative estimate of drug-likeness (QED) is 0.321. The van der Waals surface area contributed by atoms with Crippen LogP contribution in [0.25, 0.3) is 16.9 Å². The lowest BCUT2D eigenvalue weighted by atomic mass is 9.99. The maximum Gasteiger partial charge on any atom is 0.328 e. The van der Waals surface area contributed by atoms with Gasteiger partial charge in [0, 0.05) is 19.7 Å². The molecule has 4 aromatic rings. The van der Waals surface area contributed by atoms with Crippen molar-refractivity contribution < 1.29 is 17.6 Å². The summed E-state index contributed by atoms with van der Waals surface area (Å²) in [4.78, 5) is 13.0. The Bertz CT molecular complexity index is 1430. The van der Waals surface area contributed by atoms with E-state index in [1.807, 2.05) is 32.9 Å². The zero-order valence-electron chi connectivity index (χ0n) is 17.8. The number of Topliss-reactive ketones (excluding diaryl/α,β-unsaturated/α-hetero) is 1. The standard InChI is InChI=1S/C21H22N4O4S2/c1-12-8-14(3)16(9-13(12)2)18(26)11-30-21-23-22-20-25(21)17-10-15(6-7-19(17)29-20)31(27,28)24(4)5/h6-10H,11H2,1-5H3. The number of thioether (sulfide) groups is 1. The molecule has 10 heteroatoms. The molecule has 0 amide bonds. The molecule has 4 rings (SSSR count). The summed E-state index contributed by atoms with van der Waals surface area (Å²) in [5.74, 6) is 0.407. The number of benzene rings is 2. The van der Waals surface area contributed by atoms with Gasteiger partial charge in [0.25, 0.3) is 0 Å². The Morgan fingerprint density at radius 2 is 1.77 bits per heavy atom. The van der Waals surface area contributed by atoms with Crippen molar-refractivity contribution in [2.24, 2.45) is 0 Å². The minimum atomic E-state index is -3.61. The number of hydrogen-bond donors (Lipinski definition) is 0. The van der Waals surface area contributed by atoms with E-state index in [-0.39, 0.29) is 22.3 Å². The van der Waals surface area contributed by atoms with Crippen LogP contribution in [0, 0.1) is 20.8 Å². The minimum Gasteiger partial charge on any atom is -0.422 e. The second-order valence-electron chi connectivity index (χ2n) is 7.58. The Labute approximate surface area is 184 Å². The summed E-state index contributed by atoms with van der Waals surface area (Å²) in [5.41, 5.74) is 4.86. The van der Waals surface area contributed by atoms with Crippen LogP contribution in [0.15, 0.2) is 44.8 Å². The van der Waals surface area contributed by atoms with Crippen molar-refractivity contribution in [3.63, 3.8) is 0 Å². The highest BCUT2D eigenvalue weighted by Crippen LogP contribution is 2.28. The fraction of sp³-hybridized carbons (Fsp3) is 0.286. The molecule has 0 radical (unpaired) electrons. The Balaban J connectivity index is 1.69. The first-order valence-corrected chi connectivity index (χ1v) is 12.0.